The number of anilines is 3. The van der Waals surface area contributed by atoms with Gasteiger partial charge in [0.2, 0.25) is 5.91 Å². The third-order valence-electron chi connectivity index (χ3n) is 7.13. The maximum atomic E-state index is 13.7. The quantitative estimate of drug-likeness (QED) is 0.450. The minimum atomic E-state index is -3.82. The minimum Gasteiger partial charge on any atom is -0.368 e. The Bertz CT molecular complexity index is 1440. The smallest absolute Gasteiger partial charge is 0.261 e. The summed E-state index contributed by atoms with van der Waals surface area (Å²) in [6, 6.07) is 14.2. The molecule has 1 fully saturated rings. The van der Waals surface area contributed by atoms with E-state index in [1.54, 1.807) is 48.5 Å². The molecular formula is C27H31ClFN5O3S. The summed E-state index contributed by atoms with van der Waals surface area (Å²) in [4.78, 5) is 23.4. The van der Waals surface area contributed by atoms with Gasteiger partial charge in [-0.2, -0.15) is 0 Å². The Labute approximate surface area is 228 Å². The molecule has 1 amide bonds. The average Bonchev–Trinajstić information content (AvgIpc) is 2.93. The number of sulfonamides is 1. The standard InChI is InChI=1S/C27H29ClFN5O3S.H2/c1-19(34-13-3-4-20-18-21(29)6-11-25(20)34)27(35)33-16-14-32(15-17-33)22-7-9-23(10-8-22)38(36,37)31-24-5-2-12-30-26(24)28;/h2,5-12,18-19,31H,3-4,13-17H2,1H3;1H/t19-;/m0./s1. The largest absolute Gasteiger partial charge is 0.368 e. The first-order valence-corrected chi connectivity index (χ1v) is 14.4. The number of carbonyl (C=O) groups is 1. The van der Waals surface area contributed by atoms with Crippen molar-refractivity contribution >= 4 is 44.6 Å². The third-order valence-corrected chi connectivity index (χ3v) is 8.81. The van der Waals surface area contributed by atoms with E-state index in [0.717, 1.165) is 36.3 Å². The number of carbonyl (C=O) groups excluding carboxylic acids is 1. The van der Waals surface area contributed by atoms with Crippen molar-refractivity contribution in [1.82, 2.24) is 9.88 Å². The molecule has 0 bridgehead atoms. The molecule has 0 unspecified atom stereocenters. The zero-order valence-electron chi connectivity index (χ0n) is 21.0. The van der Waals surface area contributed by atoms with Crippen LogP contribution in [0.15, 0.2) is 65.7 Å². The van der Waals surface area contributed by atoms with Crippen molar-refractivity contribution in [3.63, 3.8) is 0 Å². The Kier molecular flexibility index (Phi) is 7.45. The van der Waals surface area contributed by atoms with E-state index >= 15 is 0 Å². The van der Waals surface area contributed by atoms with Crippen LogP contribution in [0.3, 0.4) is 0 Å². The summed E-state index contributed by atoms with van der Waals surface area (Å²) in [6.07, 6.45) is 3.19. The topological polar surface area (TPSA) is 85.8 Å². The molecule has 11 heteroatoms. The lowest BCUT2D eigenvalue weighted by atomic mass is 9.99. The molecule has 3 heterocycles. The summed E-state index contributed by atoms with van der Waals surface area (Å²) in [6.45, 7) is 5.08. The van der Waals surface area contributed by atoms with Crippen molar-refractivity contribution < 1.29 is 19.0 Å². The highest BCUT2D eigenvalue weighted by Gasteiger charge is 2.31. The van der Waals surface area contributed by atoms with E-state index in [1.165, 1.54) is 12.3 Å². The maximum absolute atomic E-state index is 13.7. The number of benzene rings is 2. The van der Waals surface area contributed by atoms with E-state index in [4.69, 9.17) is 11.6 Å². The summed E-state index contributed by atoms with van der Waals surface area (Å²) in [5.74, 6) is -0.191. The second-order valence-electron chi connectivity index (χ2n) is 9.50. The summed E-state index contributed by atoms with van der Waals surface area (Å²) in [7, 11) is -3.82. The molecule has 2 aliphatic heterocycles. The van der Waals surface area contributed by atoms with Crippen LogP contribution in [-0.2, 0) is 21.2 Å². The second kappa shape index (κ2) is 10.8. The van der Waals surface area contributed by atoms with Gasteiger partial charge in [0, 0.05) is 51.7 Å². The first-order chi connectivity index (χ1) is 18.2. The molecule has 3 aromatic rings. The monoisotopic (exact) mass is 559 g/mol. The average molecular weight is 560 g/mol. The molecule has 2 aromatic carbocycles. The van der Waals surface area contributed by atoms with Gasteiger partial charge in [0.1, 0.15) is 11.9 Å². The van der Waals surface area contributed by atoms with Gasteiger partial charge in [0.25, 0.3) is 10.0 Å². The number of nitrogens with one attached hydrogen (secondary N) is 1. The summed E-state index contributed by atoms with van der Waals surface area (Å²) in [5.41, 5.74) is 2.99. The molecule has 202 valence electrons. The Balaban J connectivity index is 0.00000353. The predicted octanol–water partition coefficient (Wildman–Crippen LogP) is 4.41. The van der Waals surface area contributed by atoms with Crippen LogP contribution in [0.4, 0.5) is 21.5 Å². The second-order valence-corrected chi connectivity index (χ2v) is 11.5. The number of fused-ring (bicyclic) bond motifs is 1. The number of piperazine rings is 1. The number of rotatable bonds is 6. The number of nitrogens with zero attached hydrogens (tertiary/aromatic N) is 4. The fourth-order valence-corrected chi connectivity index (χ4v) is 6.37. The summed E-state index contributed by atoms with van der Waals surface area (Å²) < 4.78 is 41.7. The van der Waals surface area contributed by atoms with Crippen LogP contribution < -0.4 is 14.5 Å². The molecular weight excluding hydrogens is 529 g/mol. The minimum absolute atomic E-state index is 0. The van der Waals surface area contributed by atoms with Crippen molar-refractivity contribution in [2.75, 3.05) is 47.2 Å². The highest BCUT2D eigenvalue weighted by atomic mass is 35.5. The van der Waals surface area contributed by atoms with Gasteiger partial charge in [-0.15, -0.1) is 0 Å². The van der Waals surface area contributed by atoms with E-state index < -0.39 is 10.0 Å². The van der Waals surface area contributed by atoms with Gasteiger partial charge in [0.15, 0.2) is 5.15 Å². The highest BCUT2D eigenvalue weighted by Crippen LogP contribution is 2.30. The maximum Gasteiger partial charge on any atom is 0.261 e. The number of pyridine rings is 1. The first-order valence-electron chi connectivity index (χ1n) is 12.5. The normalized spacial score (nSPS) is 16.7. The lowest BCUT2D eigenvalue weighted by Crippen LogP contribution is -2.55. The van der Waals surface area contributed by atoms with Gasteiger partial charge in [-0.3, -0.25) is 9.52 Å². The SMILES string of the molecule is C[C@@H](C(=O)N1CCN(c2ccc(S(=O)(=O)Nc3cccnc3Cl)cc2)CC1)N1CCCc2cc(F)ccc21.[HH]. The van der Waals surface area contributed by atoms with Crippen LogP contribution in [0.1, 0.15) is 20.3 Å². The molecule has 38 heavy (non-hydrogen) atoms. The van der Waals surface area contributed by atoms with Crippen LogP contribution in [0.5, 0.6) is 0 Å². The molecule has 8 nitrogen and oxygen atoms in total. The van der Waals surface area contributed by atoms with Crippen LogP contribution in [-0.4, -0.2) is 63.0 Å². The molecule has 5 rings (SSSR count). The van der Waals surface area contributed by atoms with Crippen LogP contribution >= 0.6 is 11.6 Å². The molecule has 0 saturated carbocycles. The van der Waals surface area contributed by atoms with Gasteiger partial charge < -0.3 is 14.7 Å². The molecule has 1 N–H and O–H groups in total. The number of hydrogen-bond acceptors (Lipinski definition) is 6. The zero-order valence-corrected chi connectivity index (χ0v) is 22.6. The van der Waals surface area contributed by atoms with Crippen molar-refractivity contribution in [2.24, 2.45) is 0 Å². The number of amides is 1. The van der Waals surface area contributed by atoms with Crippen molar-refractivity contribution in [2.45, 2.75) is 30.7 Å². The molecule has 1 aromatic heterocycles. The number of aryl methyl sites for hydroxylation is 1. The number of hydrogen-bond donors (Lipinski definition) is 1. The molecule has 0 aliphatic carbocycles. The predicted molar refractivity (Wildman–Crippen MR) is 149 cm³/mol. The molecule has 1 atom stereocenters. The molecule has 0 radical (unpaired) electrons. The Morgan fingerprint density at radius 2 is 1.82 bits per heavy atom. The van der Waals surface area contributed by atoms with E-state index in [-0.39, 0.29) is 34.9 Å². The highest BCUT2D eigenvalue weighted by molar-refractivity contribution is 7.92. The third kappa shape index (κ3) is 5.42. The Hall–Kier alpha value is -3.37. The fraction of sp³-hybridized carbons (Fsp3) is 0.333. The molecule has 0 spiro atoms. The summed E-state index contributed by atoms with van der Waals surface area (Å²) >= 11 is 5.98. The van der Waals surface area contributed by atoms with Crippen molar-refractivity contribution in [3.05, 3.63) is 77.3 Å². The van der Waals surface area contributed by atoms with Crippen molar-refractivity contribution in [3.8, 4) is 0 Å². The van der Waals surface area contributed by atoms with E-state index in [9.17, 15) is 17.6 Å². The summed E-state index contributed by atoms with van der Waals surface area (Å²) in [5, 5.41) is 0.0767. The first kappa shape index (κ1) is 26.2. The van der Waals surface area contributed by atoms with E-state index in [1.807, 2.05) is 11.8 Å². The van der Waals surface area contributed by atoms with Crippen LogP contribution in [0, 0.1) is 5.82 Å². The lowest BCUT2D eigenvalue weighted by Gasteiger charge is -2.41. The van der Waals surface area contributed by atoms with Crippen LogP contribution in [0.2, 0.25) is 5.15 Å². The fourth-order valence-electron chi connectivity index (χ4n) is 5.08. The van der Waals surface area contributed by atoms with Gasteiger partial charge in [-0.05, 0) is 79.9 Å². The van der Waals surface area contributed by atoms with E-state index in [0.29, 0.717) is 26.2 Å². The number of halogens is 2. The molecule has 1 saturated heterocycles. The lowest BCUT2D eigenvalue weighted by molar-refractivity contribution is -0.132. The molecule has 2 aliphatic rings. The van der Waals surface area contributed by atoms with Gasteiger partial charge in [-0.25, -0.2) is 17.8 Å². The zero-order chi connectivity index (χ0) is 26.9. The van der Waals surface area contributed by atoms with E-state index in [2.05, 4.69) is 19.5 Å². The number of aromatic nitrogens is 1. The Morgan fingerprint density at radius 3 is 2.53 bits per heavy atom. The Morgan fingerprint density at radius 1 is 1.08 bits per heavy atom. The van der Waals surface area contributed by atoms with Gasteiger partial charge >= 0.3 is 0 Å². The van der Waals surface area contributed by atoms with Gasteiger partial charge in [-0.1, -0.05) is 11.6 Å². The van der Waals surface area contributed by atoms with Crippen molar-refractivity contribution in [1.29, 1.82) is 0 Å². The van der Waals surface area contributed by atoms with Crippen LogP contribution in [0.25, 0.3) is 0 Å². The van der Waals surface area contributed by atoms with Gasteiger partial charge in [0.05, 0.1) is 10.6 Å².